The second-order valence-electron chi connectivity index (χ2n) is 3.32. The molecule has 13 heavy (non-hydrogen) atoms. The highest BCUT2D eigenvalue weighted by Crippen LogP contribution is 2.14. The molecule has 0 bridgehead atoms. The van der Waals surface area contributed by atoms with E-state index in [1.807, 2.05) is 13.8 Å². The molecule has 0 amide bonds. The first-order valence-corrected chi connectivity index (χ1v) is 5.10. The quantitative estimate of drug-likeness (QED) is 0.753. The molecule has 0 spiro atoms. The van der Waals surface area contributed by atoms with Gasteiger partial charge in [-0.05, 0) is 5.92 Å². The van der Waals surface area contributed by atoms with E-state index in [-0.39, 0.29) is 12.4 Å². The molecule has 0 aromatic carbocycles. The lowest BCUT2D eigenvalue weighted by atomic mass is 10.1. The first-order valence-electron chi connectivity index (χ1n) is 4.22. The summed E-state index contributed by atoms with van der Waals surface area (Å²) in [6, 6.07) is 0. The van der Waals surface area contributed by atoms with Gasteiger partial charge in [0, 0.05) is 11.8 Å². The highest BCUT2D eigenvalue weighted by atomic mass is 32.1. The van der Waals surface area contributed by atoms with Crippen molar-refractivity contribution in [3.05, 3.63) is 16.1 Å². The number of rotatable bonds is 4. The van der Waals surface area contributed by atoms with Crippen molar-refractivity contribution in [2.45, 2.75) is 26.9 Å². The van der Waals surface area contributed by atoms with E-state index in [9.17, 15) is 4.79 Å². The van der Waals surface area contributed by atoms with E-state index in [0.29, 0.717) is 23.0 Å². The number of nitrogens with zero attached hydrogens (tertiary/aromatic N) is 1. The lowest BCUT2D eigenvalue weighted by Gasteiger charge is -1.99. The van der Waals surface area contributed by atoms with E-state index >= 15 is 0 Å². The van der Waals surface area contributed by atoms with Crippen LogP contribution in [0, 0.1) is 5.92 Å². The minimum Gasteiger partial charge on any atom is -0.390 e. The second-order valence-corrected chi connectivity index (χ2v) is 4.18. The predicted molar refractivity (Wildman–Crippen MR) is 51.8 cm³/mol. The third-order valence-electron chi connectivity index (χ3n) is 1.55. The van der Waals surface area contributed by atoms with E-state index in [1.54, 1.807) is 5.38 Å². The Balaban J connectivity index is 2.66. The number of Topliss-reactive ketones (excluding diaryl/α,β-unsaturated/α-hetero) is 1. The van der Waals surface area contributed by atoms with Gasteiger partial charge in [0.05, 0.1) is 12.3 Å². The number of carbonyl (C=O) groups is 1. The molecule has 1 aromatic heterocycles. The number of aliphatic hydroxyl groups excluding tert-OH is 1. The highest BCUT2D eigenvalue weighted by Gasteiger charge is 2.12. The Morgan fingerprint density at radius 1 is 1.69 bits per heavy atom. The number of hydrogen-bond donors (Lipinski definition) is 1. The average molecular weight is 199 g/mol. The molecule has 0 radical (unpaired) electrons. The van der Waals surface area contributed by atoms with Gasteiger partial charge in [-0.25, -0.2) is 4.98 Å². The molecule has 1 rings (SSSR count). The van der Waals surface area contributed by atoms with Crippen LogP contribution in [0.25, 0.3) is 0 Å². The minimum atomic E-state index is -0.0918. The van der Waals surface area contributed by atoms with Crippen molar-refractivity contribution >= 4 is 17.1 Å². The zero-order valence-electron chi connectivity index (χ0n) is 7.78. The van der Waals surface area contributed by atoms with Crippen LogP contribution in [0.2, 0.25) is 0 Å². The highest BCUT2D eigenvalue weighted by molar-refractivity contribution is 7.11. The molecule has 0 saturated carbocycles. The molecule has 0 aliphatic carbocycles. The molecule has 0 fully saturated rings. The van der Waals surface area contributed by atoms with Gasteiger partial charge < -0.3 is 5.11 Å². The zero-order valence-corrected chi connectivity index (χ0v) is 8.60. The summed E-state index contributed by atoms with van der Waals surface area (Å²) in [4.78, 5) is 15.5. The van der Waals surface area contributed by atoms with Crippen molar-refractivity contribution in [3.63, 3.8) is 0 Å². The molecule has 0 saturated heterocycles. The number of ketones is 1. The van der Waals surface area contributed by atoms with E-state index in [1.165, 1.54) is 11.3 Å². The molecule has 1 aromatic rings. The van der Waals surface area contributed by atoms with Crippen molar-refractivity contribution in [2.24, 2.45) is 5.92 Å². The number of hydrogen-bond acceptors (Lipinski definition) is 4. The summed E-state index contributed by atoms with van der Waals surface area (Å²) in [5.74, 6) is 0.425. The SMILES string of the molecule is CC(C)CC(=O)c1nc(CO)cs1. The lowest BCUT2D eigenvalue weighted by Crippen LogP contribution is -2.03. The monoisotopic (exact) mass is 199 g/mol. The molecular formula is C9H13NO2S. The van der Waals surface area contributed by atoms with Crippen molar-refractivity contribution < 1.29 is 9.90 Å². The molecule has 0 aliphatic heterocycles. The lowest BCUT2D eigenvalue weighted by molar-refractivity contribution is 0.0967. The summed E-state index contributed by atoms with van der Waals surface area (Å²) >= 11 is 1.30. The van der Waals surface area contributed by atoms with Crippen LogP contribution >= 0.6 is 11.3 Å². The van der Waals surface area contributed by atoms with Crippen molar-refractivity contribution in [3.8, 4) is 0 Å². The van der Waals surface area contributed by atoms with E-state index in [0.717, 1.165) is 0 Å². The van der Waals surface area contributed by atoms with Gasteiger partial charge in [-0.3, -0.25) is 4.79 Å². The van der Waals surface area contributed by atoms with Gasteiger partial charge in [-0.2, -0.15) is 0 Å². The largest absolute Gasteiger partial charge is 0.390 e. The summed E-state index contributed by atoms with van der Waals surface area (Å²) in [6.45, 7) is 3.91. The number of aromatic nitrogens is 1. The Morgan fingerprint density at radius 2 is 2.38 bits per heavy atom. The summed E-state index contributed by atoms with van der Waals surface area (Å²) in [6.07, 6.45) is 0.526. The van der Waals surface area contributed by atoms with Gasteiger partial charge in [0.2, 0.25) is 0 Å². The van der Waals surface area contributed by atoms with Crippen molar-refractivity contribution in [1.29, 1.82) is 0 Å². The summed E-state index contributed by atoms with van der Waals surface area (Å²) in [5.41, 5.74) is 0.581. The van der Waals surface area contributed by atoms with Crippen molar-refractivity contribution in [1.82, 2.24) is 4.98 Å². The minimum absolute atomic E-state index is 0.0692. The Kier molecular flexibility index (Phi) is 3.57. The van der Waals surface area contributed by atoms with Crippen LogP contribution < -0.4 is 0 Å². The standard InChI is InChI=1S/C9H13NO2S/c1-6(2)3-8(12)9-10-7(4-11)5-13-9/h5-6,11H,3-4H2,1-2H3. The van der Waals surface area contributed by atoms with Crippen LogP contribution in [0.3, 0.4) is 0 Å². The van der Waals surface area contributed by atoms with E-state index < -0.39 is 0 Å². The molecule has 4 heteroatoms. The Labute approximate surface area is 81.4 Å². The summed E-state index contributed by atoms with van der Waals surface area (Å²) in [5, 5.41) is 11.0. The maximum atomic E-state index is 11.5. The van der Waals surface area contributed by atoms with Gasteiger partial charge in [-0.1, -0.05) is 13.8 Å². The Hall–Kier alpha value is -0.740. The van der Waals surface area contributed by atoms with Crippen LogP contribution in [0.15, 0.2) is 5.38 Å². The van der Waals surface area contributed by atoms with Gasteiger partial charge in [0.25, 0.3) is 0 Å². The van der Waals surface area contributed by atoms with Crippen LogP contribution in [-0.2, 0) is 6.61 Å². The third kappa shape index (κ3) is 2.90. The zero-order chi connectivity index (χ0) is 9.84. The maximum Gasteiger partial charge on any atom is 0.191 e. The normalized spacial score (nSPS) is 10.8. The molecule has 1 N–H and O–H groups in total. The Bertz CT molecular complexity index is 294. The fourth-order valence-electron chi connectivity index (χ4n) is 0.966. The molecule has 72 valence electrons. The summed E-state index contributed by atoms with van der Waals surface area (Å²) in [7, 11) is 0. The molecule has 0 atom stereocenters. The van der Waals surface area contributed by atoms with Gasteiger partial charge >= 0.3 is 0 Å². The van der Waals surface area contributed by atoms with E-state index in [4.69, 9.17) is 5.11 Å². The number of thiazole rings is 1. The van der Waals surface area contributed by atoms with Crippen LogP contribution in [0.5, 0.6) is 0 Å². The van der Waals surface area contributed by atoms with Crippen molar-refractivity contribution in [2.75, 3.05) is 0 Å². The molecule has 0 unspecified atom stereocenters. The Morgan fingerprint density at radius 3 is 2.85 bits per heavy atom. The number of carbonyl (C=O) groups excluding carboxylic acids is 1. The van der Waals surface area contributed by atoms with E-state index in [2.05, 4.69) is 4.98 Å². The van der Waals surface area contributed by atoms with Gasteiger partial charge in [0.15, 0.2) is 10.8 Å². The van der Waals surface area contributed by atoms with Gasteiger partial charge in [0.1, 0.15) is 0 Å². The molecular weight excluding hydrogens is 186 g/mol. The number of aliphatic hydroxyl groups is 1. The van der Waals surface area contributed by atoms with Gasteiger partial charge in [-0.15, -0.1) is 11.3 Å². The summed E-state index contributed by atoms with van der Waals surface area (Å²) < 4.78 is 0. The van der Waals surface area contributed by atoms with Crippen LogP contribution in [0.1, 0.15) is 35.8 Å². The van der Waals surface area contributed by atoms with Crippen LogP contribution in [0.4, 0.5) is 0 Å². The fourth-order valence-corrected chi connectivity index (χ4v) is 1.73. The topological polar surface area (TPSA) is 50.2 Å². The van der Waals surface area contributed by atoms with Crippen LogP contribution in [-0.4, -0.2) is 15.9 Å². The average Bonchev–Trinajstić information content (AvgIpc) is 2.50. The predicted octanol–water partition coefficient (Wildman–Crippen LogP) is 1.86. The maximum absolute atomic E-state index is 11.5. The molecule has 0 aliphatic rings. The first kappa shape index (κ1) is 10.3. The molecule has 3 nitrogen and oxygen atoms in total. The molecule has 1 heterocycles. The third-order valence-corrected chi connectivity index (χ3v) is 2.48. The smallest absolute Gasteiger partial charge is 0.191 e. The fraction of sp³-hybridized carbons (Fsp3) is 0.556. The first-order chi connectivity index (χ1) is 6.13. The second kappa shape index (κ2) is 4.48.